The van der Waals surface area contributed by atoms with Crippen molar-refractivity contribution >= 4 is 27.6 Å². The van der Waals surface area contributed by atoms with E-state index in [0.29, 0.717) is 12.2 Å². The molecule has 2 rings (SSSR count). The number of carbonyl (C=O) groups excluding carboxylic acids is 1. The molecule has 1 aromatic heterocycles. The molecule has 0 aromatic carbocycles. The molecule has 1 saturated heterocycles. The monoisotopic (exact) mass is 314 g/mol. The second-order valence-corrected chi connectivity index (χ2v) is 7.02. The van der Waals surface area contributed by atoms with E-state index in [4.69, 9.17) is 4.74 Å². The van der Waals surface area contributed by atoms with Crippen LogP contribution in [0, 0.1) is 0 Å². The molecule has 1 fully saturated rings. The van der Waals surface area contributed by atoms with E-state index in [1.165, 1.54) is 0 Å². The fourth-order valence-electron chi connectivity index (χ4n) is 2.12. The van der Waals surface area contributed by atoms with Crippen molar-refractivity contribution in [1.29, 1.82) is 0 Å². The van der Waals surface area contributed by atoms with Crippen LogP contribution < -0.4 is 10.2 Å². The van der Waals surface area contributed by atoms with Gasteiger partial charge in [0.15, 0.2) is 21.5 Å². The van der Waals surface area contributed by atoms with Gasteiger partial charge >= 0.3 is 6.09 Å². The highest BCUT2D eigenvalue weighted by molar-refractivity contribution is 7.91. The summed E-state index contributed by atoms with van der Waals surface area (Å²) in [4.78, 5) is 13.0. The van der Waals surface area contributed by atoms with Crippen LogP contribution in [0.3, 0.4) is 0 Å². The molecule has 1 N–H and O–H groups in total. The van der Waals surface area contributed by atoms with E-state index in [-0.39, 0.29) is 30.0 Å². The standard InChI is InChI=1S/C12H18N4O4S/c1-3-20-12(17)13-10-4-5-11(15-14-10)16(2)9-6-7-21(18,19)8-9/h4-5,9H,3,6-8H2,1-2H3,(H,13,14,17). The van der Waals surface area contributed by atoms with Crippen molar-refractivity contribution < 1.29 is 17.9 Å². The summed E-state index contributed by atoms with van der Waals surface area (Å²) >= 11 is 0. The van der Waals surface area contributed by atoms with E-state index in [1.54, 1.807) is 31.0 Å². The minimum absolute atomic E-state index is 0.0897. The number of carbonyl (C=O) groups is 1. The first-order valence-corrected chi connectivity index (χ1v) is 8.44. The van der Waals surface area contributed by atoms with E-state index in [9.17, 15) is 13.2 Å². The molecular weight excluding hydrogens is 296 g/mol. The molecule has 8 nitrogen and oxygen atoms in total. The molecule has 116 valence electrons. The lowest BCUT2D eigenvalue weighted by Gasteiger charge is -2.23. The summed E-state index contributed by atoms with van der Waals surface area (Å²) in [6.07, 6.45) is -0.00151. The number of rotatable bonds is 4. The molecule has 1 atom stereocenters. The second kappa shape index (κ2) is 6.25. The van der Waals surface area contributed by atoms with E-state index in [2.05, 4.69) is 15.5 Å². The fourth-order valence-corrected chi connectivity index (χ4v) is 3.89. The van der Waals surface area contributed by atoms with Crippen molar-refractivity contribution in [2.45, 2.75) is 19.4 Å². The number of amides is 1. The van der Waals surface area contributed by atoms with Crippen molar-refractivity contribution in [2.75, 3.05) is 35.4 Å². The topological polar surface area (TPSA) is 101 Å². The van der Waals surface area contributed by atoms with Gasteiger partial charge in [0, 0.05) is 13.1 Å². The summed E-state index contributed by atoms with van der Waals surface area (Å²) in [6, 6.07) is 3.19. The Kier molecular flexibility index (Phi) is 4.61. The van der Waals surface area contributed by atoms with Gasteiger partial charge in [0.2, 0.25) is 0 Å². The first-order valence-electron chi connectivity index (χ1n) is 6.62. The normalized spacial score (nSPS) is 20.0. The molecule has 1 aliphatic rings. The Labute approximate surface area is 123 Å². The summed E-state index contributed by atoms with van der Waals surface area (Å²) < 4.78 is 27.7. The molecule has 2 heterocycles. The lowest BCUT2D eigenvalue weighted by atomic mass is 10.2. The molecule has 21 heavy (non-hydrogen) atoms. The Bertz CT molecular complexity index is 602. The maximum Gasteiger partial charge on any atom is 0.412 e. The fraction of sp³-hybridized carbons (Fsp3) is 0.583. The highest BCUT2D eigenvalue weighted by Gasteiger charge is 2.31. The number of aromatic nitrogens is 2. The van der Waals surface area contributed by atoms with Crippen molar-refractivity contribution in [1.82, 2.24) is 10.2 Å². The highest BCUT2D eigenvalue weighted by atomic mass is 32.2. The molecule has 1 amide bonds. The molecule has 1 aliphatic heterocycles. The predicted molar refractivity (Wildman–Crippen MR) is 78.1 cm³/mol. The van der Waals surface area contributed by atoms with Crippen molar-refractivity contribution in [3.8, 4) is 0 Å². The van der Waals surface area contributed by atoms with E-state index in [0.717, 1.165) is 0 Å². The first-order chi connectivity index (χ1) is 9.91. The molecule has 0 aliphatic carbocycles. The number of anilines is 2. The second-order valence-electron chi connectivity index (χ2n) is 4.79. The Morgan fingerprint density at radius 1 is 1.48 bits per heavy atom. The molecule has 0 saturated carbocycles. The van der Waals surface area contributed by atoms with Gasteiger partial charge < -0.3 is 9.64 Å². The van der Waals surface area contributed by atoms with Gasteiger partial charge in [0.1, 0.15) is 0 Å². The Balaban J connectivity index is 2.00. The average Bonchev–Trinajstić information content (AvgIpc) is 2.79. The van der Waals surface area contributed by atoms with E-state index >= 15 is 0 Å². The third-order valence-corrected chi connectivity index (χ3v) is 5.02. The zero-order valence-electron chi connectivity index (χ0n) is 11.9. The lowest BCUT2D eigenvalue weighted by molar-refractivity contribution is 0.168. The first kappa shape index (κ1) is 15.5. The molecule has 1 aromatic rings. The van der Waals surface area contributed by atoms with Crippen LogP contribution in [0.25, 0.3) is 0 Å². The largest absolute Gasteiger partial charge is 0.450 e. The van der Waals surface area contributed by atoms with Crippen LogP contribution >= 0.6 is 0 Å². The van der Waals surface area contributed by atoms with Crippen LogP contribution in [0.1, 0.15) is 13.3 Å². The van der Waals surface area contributed by atoms with E-state index < -0.39 is 15.9 Å². The minimum Gasteiger partial charge on any atom is -0.450 e. The third kappa shape index (κ3) is 4.03. The van der Waals surface area contributed by atoms with Gasteiger partial charge in [0.25, 0.3) is 0 Å². The van der Waals surface area contributed by atoms with Gasteiger partial charge in [-0.1, -0.05) is 0 Å². The van der Waals surface area contributed by atoms with Crippen molar-refractivity contribution in [3.05, 3.63) is 12.1 Å². The maximum atomic E-state index is 11.5. The summed E-state index contributed by atoms with van der Waals surface area (Å²) in [5.41, 5.74) is 0. The van der Waals surface area contributed by atoms with Crippen LogP contribution in [0.15, 0.2) is 12.1 Å². The minimum atomic E-state index is -2.94. The smallest absolute Gasteiger partial charge is 0.412 e. The lowest BCUT2D eigenvalue weighted by Crippen LogP contribution is -2.33. The predicted octanol–water partition coefficient (Wildman–Crippen LogP) is 0.668. The Morgan fingerprint density at radius 3 is 2.76 bits per heavy atom. The van der Waals surface area contributed by atoms with Gasteiger partial charge in [-0.25, -0.2) is 13.2 Å². The van der Waals surface area contributed by atoms with E-state index in [1.807, 2.05) is 0 Å². The van der Waals surface area contributed by atoms with Crippen LogP contribution in [0.4, 0.5) is 16.4 Å². The summed E-state index contributed by atoms with van der Waals surface area (Å²) in [7, 11) is -1.16. The van der Waals surface area contributed by atoms with Crippen LogP contribution in [-0.2, 0) is 14.6 Å². The van der Waals surface area contributed by atoms with Gasteiger partial charge in [-0.3, -0.25) is 5.32 Å². The average molecular weight is 314 g/mol. The summed E-state index contributed by atoms with van der Waals surface area (Å²) in [5.74, 6) is 1.18. The highest BCUT2D eigenvalue weighted by Crippen LogP contribution is 2.21. The molecule has 0 radical (unpaired) electrons. The molecule has 0 bridgehead atoms. The molecule has 1 unspecified atom stereocenters. The molecule has 0 spiro atoms. The van der Waals surface area contributed by atoms with Crippen LogP contribution in [0.2, 0.25) is 0 Å². The zero-order chi connectivity index (χ0) is 15.5. The van der Waals surface area contributed by atoms with Gasteiger partial charge in [-0.2, -0.15) is 0 Å². The maximum absolute atomic E-state index is 11.5. The van der Waals surface area contributed by atoms with Gasteiger partial charge in [-0.15, -0.1) is 10.2 Å². The van der Waals surface area contributed by atoms with Crippen molar-refractivity contribution in [2.24, 2.45) is 0 Å². The zero-order valence-corrected chi connectivity index (χ0v) is 12.8. The number of hydrogen-bond donors (Lipinski definition) is 1. The number of sulfone groups is 1. The van der Waals surface area contributed by atoms with Gasteiger partial charge in [0.05, 0.1) is 18.1 Å². The third-order valence-electron chi connectivity index (χ3n) is 3.27. The van der Waals surface area contributed by atoms with Crippen molar-refractivity contribution in [3.63, 3.8) is 0 Å². The number of nitrogens with one attached hydrogen (secondary N) is 1. The summed E-state index contributed by atoms with van der Waals surface area (Å²) in [5, 5.41) is 10.3. The van der Waals surface area contributed by atoms with Gasteiger partial charge in [-0.05, 0) is 25.5 Å². The Hall–Kier alpha value is -1.90. The molecular formula is C12H18N4O4S. The summed E-state index contributed by atoms with van der Waals surface area (Å²) in [6.45, 7) is 1.98. The van der Waals surface area contributed by atoms with Crippen LogP contribution in [0.5, 0.6) is 0 Å². The SMILES string of the molecule is CCOC(=O)Nc1ccc(N(C)C2CCS(=O)(=O)C2)nn1. The molecule has 9 heteroatoms. The Morgan fingerprint density at radius 2 is 2.24 bits per heavy atom. The number of ether oxygens (including phenoxy) is 1. The number of hydrogen-bond acceptors (Lipinski definition) is 7. The number of nitrogens with zero attached hydrogens (tertiary/aromatic N) is 3. The van der Waals surface area contributed by atoms with Crippen LogP contribution in [-0.4, -0.2) is 55.9 Å². The quantitative estimate of drug-likeness (QED) is 0.871.